The smallest absolute Gasteiger partial charge is 0.155 e. The van der Waals surface area contributed by atoms with E-state index in [1.807, 2.05) is 12.2 Å². The van der Waals surface area contributed by atoms with Crippen LogP contribution in [0.4, 0.5) is 0 Å². The molecular formula is C11H21NO2S. The zero-order chi connectivity index (χ0) is 11.5. The van der Waals surface area contributed by atoms with E-state index < -0.39 is 14.6 Å². The standard InChI is InChI=1S/C11H21NO2S/c1-10(2)8-12-9-11(15(3,13)14)6-4-5-7-11/h4-5,10,12H,6-9H2,1-3H3. The van der Waals surface area contributed by atoms with Crippen molar-refractivity contribution in [1.29, 1.82) is 0 Å². The number of rotatable bonds is 5. The minimum atomic E-state index is -2.99. The van der Waals surface area contributed by atoms with Crippen molar-refractivity contribution in [2.45, 2.75) is 31.4 Å². The SMILES string of the molecule is CC(C)CNCC1(S(C)(=O)=O)CC=CC1. The molecule has 0 aromatic heterocycles. The second-order valence-corrected chi connectivity index (χ2v) is 7.27. The number of hydrogen-bond acceptors (Lipinski definition) is 3. The molecule has 88 valence electrons. The molecule has 0 atom stereocenters. The minimum absolute atomic E-state index is 0.552. The molecule has 0 amide bonds. The molecule has 0 heterocycles. The Morgan fingerprint density at radius 3 is 2.27 bits per heavy atom. The van der Waals surface area contributed by atoms with Crippen molar-refractivity contribution in [1.82, 2.24) is 5.32 Å². The highest BCUT2D eigenvalue weighted by molar-refractivity contribution is 7.92. The predicted octanol–water partition coefficient (Wildman–Crippen LogP) is 1.37. The lowest BCUT2D eigenvalue weighted by molar-refractivity contribution is 0.466. The maximum Gasteiger partial charge on any atom is 0.155 e. The summed E-state index contributed by atoms with van der Waals surface area (Å²) >= 11 is 0. The fourth-order valence-electron chi connectivity index (χ4n) is 1.85. The van der Waals surface area contributed by atoms with Crippen LogP contribution in [0.3, 0.4) is 0 Å². The van der Waals surface area contributed by atoms with Crippen LogP contribution in [0.2, 0.25) is 0 Å². The van der Waals surface area contributed by atoms with E-state index in [0.29, 0.717) is 25.3 Å². The lowest BCUT2D eigenvalue weighted by atomic mass is 10.1. The van der Waals surface area contributed by atoms with E-state index in [4.69, 9.17) is 0 Å². The van der Waals surface area contributed by atoms with Crippen LogP contribution in [0, 0.1) is 5.92 Å². The summed E-state index contributed by atoms with van der Waals surface area (Å²) in [5.74, 6) is 0.552. The van der Waals surface area contributed by atoms with Gasteiger partial charge in [0.15, 0.2) is 9.84 Å². The van der Waals surface area contributed by atoms with E-state index in [-0.39, 0.29) is 0 Å². The van der Waals surface area contributed by atoms with Crippen LogP contribution in [0.15, 0.2) is 12.2 Å². The normalized spacial score (nSPS) is 20.0. The van der Waals surface area contributed by atoms with Gasteiger partial charge in [-0.15, -0.1) is 0 Å². The van der Waals surface area contributed by atoms with Crippen LogP contribution < -0.4 is 5.32 Å². The van der Waals surface area contributed by atoms with E-state index in [9.17, 15) is 8.42 Å². The molecule has 0 spiro atoms. The van der Waals surface area contributed by atoms with Crippen molar-refractivity contribution in [3.8, 4) is 0 Å². The van der Waals surface area contributed by atoms with Crippen LogP contribution in [0.5, 0.6) is 0 Å². The Morgan fingerprint density at radius 2 is 1.87 bits per heavy atom. The highest BCUT2D eigenvalue weighted by Crippen LogP contribution is 2.31. The molecule has 0 aliphatic heterocycles. The van der Waals surface area contributed by atoms with Crippen molar-refractivity contribution in [3.63, 3.8) is 0 Å². The maximum atomic E-state index is 11.8. The molecule has 1 aliphatic rings. The Labute approximate surface area is 92.9 Å². The van der Waals surface area contributed by atoms with Gasteiger partial charge in [-0.05, 0) is 25.3 Å². The summed E-state index contributed by atoms with van der Waals surface area (Å²) in [5, 5.41) is 3.25. The lowest BCUT2D eigenvalue weighted by Crippen LogP contribution is -2.45. The van der Waals surface area contributed by atoms with Crippen molar-refractivity contribution < 1.29 is 8.42 Å². The third-order valence-corrected chi connectivity index (χ3v) is 4.98. The summed E-state index contributed by atoms with van der Waals surface area (Å²) in [5.41, 5.74) is 0. The molecule has 1 rings (SSSR count). The topological polar surface area (TPSA) is 46.2 Å². The Bertz CT molecular complexity index is 322. The van der Waals surface area contributed by atoms with E-state index >= 15 is 0 Å². The molecule has 1 N–H and O–H groups in total. The van der Waals surface area contributed by atoms with Crippen LogP contribution in [0.25, 0.3) is 0 Å². The average molecular weight is 231 g/mol. The quantitative estimate of drug-likeness (QED) is 0.727. The zero-order valence-electron chi connectivity index (χ0n) is 9.79. The number of nitrogens with one attached hydrogen (secondary N) is 1. The second-order valence-electron chi connectivity index (χ2n) is 4.86. The van der Waals surface area contributed by atoms with Crippen molar-refractivity contribution >= 4 is 9.84 Å². The molecule has 0 saturated heterocycles. The highest BCUT2D eigenvalue weighted by Gasteiger charge is 2.40. The third kappa shape index (κ3) is 3.05. The van der Waals surface area contributed by atoms with Crippen molar-refractivity contribution in [2.75, 3.05) is 19.3 Å². The highest BCUT2D eigenvalue weighted by atomic mass is 32.2. The lowest BCUT2D eigenvalue weighted by Gasteiger charge is -2.27. The fraction of sp³-hybridized carbons (Fsp3) is 0.818. The Hall–Kier alpha value is -0.350. The van der Waals surface area contributed by atoms with Gasteiger partial charge in [-0.2, -0.15) is 0 Å². The van der Waals surface area contributed by atoms with Crippen LogP contribution in [-0.2, 0) is 9.84 Å². The van der Waals surface area contributed by atoms with Gasteiger partial charge in [0.25, 0.3) is 0 Å². The average Bonchev–Trinajstić information content (AvgIpc) is 2.51. The largest absolute Gasteiger partial charge is 0.315 e. The van der Waals surface area contributed by atoms with Crippen LogP contribution in [-0.4, -0.2) is 32.5 Å². The first-order chi connectivity index (χ1) is 6.87. The van der Waals surface area contributed by atoms with Gasteiger partial charge in [-0.3, -0.25) is 0 Å². The van der Waals surface area contributed by atoms with E-state index in [2.05, 4.69) is 19.2 Å². The van der Waals surface area contributed by atoms with Gasteiger partial charge in [0.2, 0.25) is 0 Å². The summed E-state index contributed by atoms with van der Waals surface area (Å²) in [7, 11) is -2.99. The predicted molar refractivity (Wildman–Crippen MR) is 63.7 cm³/mol. The molecule has 4 heteroatoms. The molecule has 3 nitrogen and oxygen atoms in total. The number of sulfone groups is 1. The second kappa shape index (κ2) is 4.66. The summed E-state index contributed by atoms with van der Waals surface area (Å²) < 4.78 is 22.9. The number of allylic oxidation sites excluding steroid dienone is 2. The van der Waals surface area contributed by atoms with Crippen LogP contribution in [0.1, 0.15) is 26.7 Å². The van der Waals surface area contributed by atoms with Gasteiger partial charge in [0.05, 0.1) is 4.75 Å². The summed E-state index contributed by atoms with van der Waals surface area (Å²) in [6.45, 7) is 5.67. The van der Waals surface area contributed by atoms with Gasteiger partial charge < -0.3 is 5.32 Å². The number of hydrogen-bond donors (Lipinski definition) is 1. The van der Waals surface area contributed by atoms with Gasteiger partial charge in [-0.1, -0.05) is 26.0 Å². The third-order valence-electron chi connectivity index (χ3n) is 2.93. The monoisotopic (exact) mass is 231 g/mol. The van der Waals surface area contributed by atoms with Crippen LogP contribution >= 0.6 is 0 Å². The summed E-state index contributed by atoms with van der Waals surface area (Å²) in [6, 6.07) is 0. The Balaban J connectivity index is 2.60. The maximum absolute atomic E-state index is 11.8. The molecule has 0 aromatic rings. The molecule has 0 fully saturated rings. The summed E-state index contributed by atoms with van der Waals surface area (Å²) in [6.07, 6.45) is 6.58. The fourth-order valence-corrected chi connectivity index (χ4v) is 3.01. The molecule has 0 radical (unpaired) electrons. The molecule has 0 unspecified atom stereocenters. The molecule has 1 aliphatic carbocycles. The molecule has 0 saturated carbocycles. The first-order valence-corrected chi connectivity index (χ1v) is 7.32. The first-order valence-electron chi connectivity index (χ1n) is 5.43. The van der Waals surface area contributed by atoms with Gasteiger partial charge in [0.1, 0.15) is 0 Å². The van der Waals surface area contributed by atoms with Crippen molar-refractivity contribution in [3.05, 3.63) is 12.2 Å². The van der Waals surface area contributed by atoms with E-state index in [1.165, 1.54) is 6.26 Å². The van der Waals surface area contributed by atoms with Gasteiger partial charge in [-0.25, -0.2) is 8.42 Å². The van der Waals surface area contributed by atoms with E-state index in [1.54, 1.807) is 0 Å². The molecule has 0 bridgehead atoms. The van der Waals surface area contributed by atoms with Gasteiger partial charge >= 0.3 is 0 Å². The Morgan fingerprint density at radius 1 is 1.33 bits per heavy atom. The molecule has 15 heavy (non-hydrogen) atoms. The van der Waals surface area contributed by atoms with Gasteiger partial charge in [0, 0.05) is 12.8 Å². The summed E-state index contributed by atoms with van der Waals surface area (Å²) in [4.78, 5) is 0. The van der Waals surface area contributed by atoms with E-state index in [0.717, 1.165) is 6.54 Å². The molecular weight excluding hydrogens is 210 g/mol. The zero-order valence-corrected chi connectivity index (χ0v) is 10.6. The molecule has 0 aromatic carbocycles. The van der Waals surface area contributed by atoms with Crippen molar-refractivity contribution in [2.24, 2.45) is 5.92 Å². The minimum Gasteiger partial charge on any atom is -0.315 e. The Kier molecular flexibility index (Phi) is 3.95. The first kappa shape index (κ1) is 12.7.